The SMILES string of the molecule is c1ccc(CNc2ccc(-c3cccc4nc(Cc5ccc(OCCN6CCCC6)cc5)nn34)cc2)cc1. The van der Waals surface area contributed by atoms with Gasteiger partial charge in [0.1, 0.15) is 12.4 Å². The fraction of sp³-hybridized carbons (Fsp3) is 0.250. The summed E-state index contributed by atoms with van der Waals surface area (Å²) in [6.07, 6.45) is 3.30. The summed E-state index contributed by atoms with van der Waals surface area (Å²) in [5, 5.41) is 8.34. The van der Waals surface area contributed by atoms with Gasteiger partial charge in [0.25, 0.3) is 0 Å². The van der Waals surface area contributed by atoms with Gasteiger partial charge in [0, 0.05) is 30.8 Å². The lowest BCUT2D eigenvalue weighted by molar-refractivity contribution is 0.238. The molecule has 1 aliphatic heterocycles. The Kier molecular flexibility index (Phi) is 7.31. The molecule has 0 bridgehead atoms. The van der Waals surface area contributed by atoms with E-state index in [2.05, 4.69) is 76.9 Å². The van der Waals surface area contributed by atoms with E-state index in [0.717, 1.165) is 53.9 Å². The molecule has 0 radical (unpaired) electrons. The molecule has 1 N–H and O–H groups in total. The van der Waals surface area contributed by atoms with Crippen molar-refractivity contribution in [1.82, 2.24) is 19.5 Å². The van der Waals surface area contributed by atoms with E-state index >= 15 is 0 Å². The number of likely N-dealkylation sites (tertiary alicyclic amines) is 1. The Morgan fingerprint density at radius 2 is 1.55 bits per heavy atom. The maximum Gasteiger partial charge on any atom is 0.156 e. The van der Waals surface area contributed by atoms with E-state index in [1.807, 2.05) is 34.8 Å². The molecule has 1 aliphatic rings. The number of nitrogens with zero attached hydrogens (tertiary/aromatic N) is 4. The van der Waals surface area contributed by atoms with Gasteiger partial charge in [-0.25, -0.2) is 9.50 Å². The first-order valence-corrected chi connectivity index (χ1v) is 13.5. The molecule has 5 aromatic rings. The summed E-state index contributed by atoms with van der Waals surface area (Å²) < 4.78 is 7.89. The van der Waals surface area contributed by atoms with Gasteiger partial charge >= 0.3 is 0 Å². The Morgan fingerprint density at radius 1 is 0.763 bits per heavy atom. The normalized spacial score (nSPS) is 13.7. The van der Waals surface area contributed by atoms with Crippen molar-refractivity contribution in [3.05, 3.63) is 114 Å². The van der Waals surface area contributed by atoms with Gasteiger partial charge in [-0.1, -0.05) is 60.7 Å². The van der Waals surface area contributed by atoms with Crippen molar-refractivity contribution in [2.24, 2.45) is 0 Å². The second-order valence-electron chi connectivity index (χ2n) is 9.84. The predicted molar refractivity (Wildman–Crippen MR) is 153 cm³/mol. The molecule has 0 aliphatic carbocycles. The monoisotopic (exact) mass is 503 g/mol. The number of ether oxygens (including phenoxy) is 1. The highest BCUT2D eigenvalue weighted by Gasteiger charge is 2.12. The van der Waals surface area contributed by atoms with E-state index in [1.165, 1.54) is 37.1 Å². The highest BCUT2D eigenvalue weighted by atomic mass is 16.5. The summed E-state index contributed by atoms with van der Waals surface area (Å²) in [4.78, 5) is 7.26. The summed E-state index contributed by atoms with van der Waals surface area (Å²) in [6.45, 7) is 4.94. The van der Waals surface area contributed by atoms with Gasteiger partial charge in [0.2, 0.25) is 0 Å². The minimum absolute atomic E-state index is 0.678. The Balaban J connectivity index is 1.10. The van der Waals surface area contributed by atoms with E-state index in [4.69, 9.17) is 14.8 Å². The van der Waals surface area contributed by atoms with Crippen LogP contribution in [0.5, 0.6) is 5.75 Å². The van der Waals surface area contributed by atoms with Crippen LogP contribution in [0.3, 0.4) is 0 Å². The first kappa shape index (κ1) is 24.2. The second-order valence-corrected chi connectivity index (χ2v) is 9.84. The number of aromatic nitrogens is 3. The number of fused-ring (bicyclic) bond motifs is 1. The van der Waals surface area contributed by atoms with E-state index in [0.29, 0.717) is 6.42 Å². The molecular formula is C32H33N5O. The lowest BCUT2D eigenvalue weighted by atomic mass is 10.1. The standard InChI is InChI=1S/C32H33N5O/c1-2-7-26(8-3-1)24-33-28-15-13-27(14-16-28)30-9-6-10-32-34-31(35-37(30)32)23-25-11-17-29(18-12-25)38-22-21-36-19-4-5-20-36/h1-3,6-18,33H,4-5,19-24H2. The molecule has 0 unspecified atom stereocenters. The number of benzene rings is 3. The molecular weight excluding hydrogens is 470 g/mol. The van der Waals surface area contributed by atoms with Crippen LogP contribution in [-0.4, -0.2) is 45.7 Å². The molecule has 192 valence electrons. The zero-order valence-electron chi connectivity index (χ0n) is 21.6. The van der Waals surface area contributed by atoms with Crippen LogP contribution >= 0.6 is 0 Å². The minimum atomic E-state index is 0.678. The van der Waals surface area contributed by atoms with Crippen LogP contribution in [0.1, 0.15) is 29.8 Å². The van der Waals surface area contributed by atoms with Gasteiger partial charge in [0.15, 0.2) is 11.5 Å². The molecule has 38 heavy (non-hydrogen) atoms. The number of nitrogens with one attached hydrogen (secondary N) is 1. The van der Waals surface area contributed by atoms with Crippen molar-refractivity contribution in [3.63, 3.8) is 0 Å². The molecule has 0 amide bonds. The first-order chi connectivity index (χ1) is 18.8. The maximum absolute atomic E-state index is 5.95. The smallest absolute Gasteiger partial charge is 0.156 e. The Bertz CT molecular complexity index is 1460. The van der Waals surface area contributed by atoms with E-state index in [1.54, 1.807) is 0 Å². The van der Waals surface area contributed by atoms with Crippen molar-refractivity contribution >= 4 is 11.3 Å². The van der Waals surface area contributed by atoms with Gasteiger partial charge in [-0.15, -0.1) is 0 Å². The maximum atomic E-state index is 5.95. The summed E-state index contributed by atoms with van der Waals surface area (Å²) in [7, 11) is 0. The largest absolute Gasteiger partial charge is 0.492 e. The molecule has 3 aromatic carbocycles. The number of rotatable bonds is 10. The molecule has 3 heterocycles. The fourth-order valence-corrected chi connectivity index (χ4v) is 4.99. The quantitative estimate of drug-likeness (QED) is 0.251. The minimum Gasteiger partial charge on any atom is -0.492 e. The zero-order chi connectivity index (χ0) is 25.6. The number of pyridine rings is 1. The number of hydrogen-bond donors (Lipinski definition) is 1. The van der Waals surface area contributed by atoms with Gasteiger partial charge in [-0.2, -0.15) is 5.10 Å². The third-order valence-electron chi connectivity index (χ3n) is 7.08. The molecule has 6 heteroatoms. The van der Waals surface area contributed by atoms with Gasteiger partial charge < -0.3 is 10.1 Å². The topological polar surface area (TPSA) is 54.7 Å². The molecule has 2 aromatic heterocycles. The van der Waals surface area contributed by atoms with E-state index in [9.17, 15) is 0 Å². The average Bonchev–Trinajstić information content (AvgIpc) is 3.63. The molecule has 0 saturated carbocycles. The van der Waals surface area contributed by atoms with Crippen molar-refractivity contribution in [1.29, 1.82) is 0 Å². The van der Waals surface area contributed by atoms with Crippen LogP contribution in [0.25, 0.3) is 16.9 Å². The average molecular weight is 504 g/mol. The van der Waals surface area contributed by atoms with Gasteiger partial charge in [-0.05, 0) is 73.5 Å². The lowest BCUT2D eigenvalue weighted by Crippen LogP contribution is -2.25. The first-order valence-electron chi connectivity index (χ1n) is 13.5. The second kappa shape index (κ2) is 11.5. The Hall–Kier alpha value is -4.16. The van der Waals surface area contributed by atoms with Crippen molar-refractivity contribution in [2.45, 2.75) is 25.8 Å². The summed E-state index contributed by atoms with van der Waals surface area (Å²) >= 11 is 0. The van der Waals surface area contributed by atoms with Crippen LogP contribution in [0.2, 0.25) is 0 Å². The molecule has 1 saturated heterocycles. The van der Waals surface area contributed by atoms with Crippen LogP contribution in [0, 0.1) is 0 Å². The van der Waals surface area contributed by atoms with Crippen molar-refractivity contribution in [2.75, 3.05) is 31.6 Å². The number of hydrogen-bond acceptors (Lipinski definition) is 5. The highest BCUT2D eigenvalue weighted by molar-refractivity contribution is 5.65. The Labute approximate surface area is 223 Å². The summed E-state index contributed by atoms with van der Waals surface area (Å²) in [5.41, 5.74) is 6.50. The predicted octanol–water partition coefficient (Wildman–Crippen LogP) is 6.07. The molecule has 0 spiro atoms. The molecule has 6 rings (SSSR count). The summed E-state index contributed by atoms with van der Waals surface area (Å²) in [6, 6.07) is 33.4. The molecule has 6 nitrogen and oxygen atoms in total. The fourth-order valence-electron chi connectivity index (χ4n) is 4.99. The van der Waals surface area contributed by atoms with E-state index < -0.39 is 0 Å². The van der Waals surface area contributed by atoms with Crippen LogP contribution in [0.15, 0.2) is 97.1 Å². The van der Waals surface area contributed by atoms with Gasteiger partial charge in [0.05, 0.1) is 5.69 Å². The summed E-state index contributed by atoms with van der Waals surface area (Å²) in [5.74, 6) is 1.72. The van der Waals surface area contributed by atoms with Crippen LogP contribution in [-0.2, 0) is 13.0 Å². The molecule has 0 atom stereocenters. The third-order valence-corrected chi connectivity index (χ3v) is 7.08. The van der Waals surface area contributed by atoms with Crippen molar-refractivity contribution in [3.8, 4) is 17.0 Å². The van der Waals surface area contributed by atoms with Crippen molar-refractivity contribution < 1.29 is 4.74 Å². The zero-order valence-corrected chi connectivity index (χ0v) is 21.6. The van der Waals surface area contributed by atoms with E-state index in [-0.39, 0.29) is 0 Å². The number of anilines is 1. The third kappa shape index (κ3) is 5.87. The van der Waals surface area contributed by atoms with Crippen LogP contribution < -0.4 is 10.1 Å². The lowest BCUT2D eigenvalue weighted by Gasteiger charge is -2.14. The van der Waals surface area contributed by atoms with Crippen LogP contribution in [0.4, 0.5) is 5.69 Å². The molecule has 1 fully saturated rings. The highest BCUT2D eigenvalue weighted by Crippen LogP contribution is 2.23. The Morgan fingerprint density at radius 3 is 2.34 bits per heavy atom. The van der Waals surface area contributed by atoms with Gasteiger partial charge in [-0.3, -0.25) is 4.90 Å².